The summed E-state index contributed by atoms with van der Waals surface area (Å²) in [4.78, 5) is 11.3. The maximum absolute atomic E-state index is 9.81. The molecule has 0 saturated carbocycles. The Morgan fingerprint density at radius 1 is 1.48 bits per heavy atom. The minimum absolute atomic E-state index is 0.145. The van der Waals surface area contributed by atoms with Gasteiger partial charge in [0, 0.05) is 31.5 Å². The molecule has 0 unspecified atom stereocenters. The monoisotopic (exact) mass is 289 g/mol. The lowest BCUT2D eigenvalue weighted by atomic mass is 9.82. The molecule has 7 nitrogen and oxygen atoms in total. The number of fused-ring (bicyclic) bond motifs is 2. The van der Waals surface area contributed by atoms with Gasteiger partial charge in [0.25, 0.3) is 0 Å². The fourth-order valence-electron chi connectivity index (χ4n) is 3.57. The van der Waals surface area contributed by atoms with Crippen LogP contribution in [0.3, 0.4) is 0 Å². The van der Waals surface area contributed by atoms with Gasteiger partial charge in [-0.15, -0.1) is 0 Å². The molecular formula is C14H19N5O2. The Bertz CT molecular complexity index is 700. The number of aliphatic hydroxyl groups is 1. The minimum atomic E-state index is -0.145. The summed E-state index contributed by atoms with van der Waals surface area (Å²) in [7, 11) is 1.89. The zero-order valence-electron chi connectivity index (χ0n) is 12.3. The molecule has 2 saturated heterocycles. The number of rotatable bonds is 2. The van der Waals surface area contributed by atoms with Crippen molar-refractivity contribution in [2.75, 3.05) is 37.8 Å². The van der Waals surface area contributed by atoms with Crippen LogP contribution in [0.1, 0.15) is 5.82 Å². The minimum Gasteiger partial charge on any atom is -0.396 e. The topological polar surface area (TPSA) is 76.3 Å². The summed E-state index contributed by atoms with van der Waals surface area (Å²) in [5.41, 5.74) is 0.705. The van der Waals surface area contributed by atoms with Gasteiger partial charge >= 0.3 is 0 Å². The van der Waals surface area contributed by atoms with E-state index in [1.807, 2.05) is 20.2 Å². The molecule has 1 N–H and O–H groups in total. The van der Waals surface area contributed by atoms with Crippen LogP contribution in [0.4, 0.5) is 5.82 Å². The molecule has 2 atom stereocenters. The number of aryl methyl sites for hydroxylation is 2. The summed E-state index contributed by atoms with van der Waals surface area (Å²) in [5, 5.41) is 15.1. The zero-order valence-corrected chi connectivity index (χ0v) is 12.3. The number of aliphatic hydroxyl groups excluding tert-OH is 1. The van der Waals surface area contributed by atoms with Crippen molar-refractivity contribution in [3.63, 3.8) is 0 Å². The maximum Gasteiger partial charge on any atom is 0.163 e. The molecule has 0 bridgehead atoms. The first-order chi connectivity index (χ1) is 10.1. The first-order valence-corrected chi connectivity index (χ1v) is 7.23. The SMILES string of the molecule is Cc1nc(N2C[C@H]3COC[C@@]3(CO)C2)c2cnn(C)c2n1. The smallest absolute Gasteiger partial charge is 0.163 e. The lowest BCUT2D eigenvalue weighted by Crippen LogP contribution is -2.34. The largest absolute Gasteiger partial charge is 0.396 e. The van der Waals surface area contributed by atoms with Crippen LogP contribution in [0.15, 0.2) is 6.20 Å². The number of hydrogen-bond donors (Lipinski definition) is 1. The molecule has 0 aliphatic carbocycles. The number of nitrogens with zero attached hydrogens (tertiary/aromatic N) is 5. The van der Waals surface area contributed by atoms with E-state index in [9.17, 15) is 5.11 Å². The van der Waals surface area contributed by atoms with Crippen LogP contribution < -0.4 is 4.90 Å². The lowest BCUT2D eigenvalue weighted by molar-refractivity contribution is 0.0989. The van der Waals surface area contributed by atoms with Crippen molar-refractivity contribution < 1.29 is 9.84 Å². The highest BCUT2D eigenvalue weighted by atomic mass is 16.5. The average molecular weight is 289 g/mol. The number of hydrogen-bond acceptors (Lipinski definition) is 6. The molecule has 2 fully saturated rings. The van der Waals surface area contributed by atoms with Crippen molar-refractivity contribution in [3.05, 3.63) is 12.0 Å². The average Bonchev–Trinajstić information content (AvgIpc) is 3.11. The third kappa shape index (κ3) is 1.77. The Morgan fingerprint density at radius 3 is 3.10 bits per heavy atom. The van der Waals surface area contributed by atoms with Crippen LogP contribution in [0, 0.1) is 18.3 Å². The van der Waals surface area contributed by atoms with Crippen LogP contribution >= 0.6 is 0 Å². The molecule has 0 aromatic carbocycles. The fourth-order valence-corrected chi connectivity index (χ4v) is 3.57. The van der Waals surface area contributed by atoms with Crippen molar-refractivity contribution >= 4 is 16.9 Å². The van der Waals surface area contributed by atoms with Crippen LogP contribution in [0.2, 0.25) is 0 Å². The molecule has 2 aliphatic heterocycles. The molecule has 2 aromatic heterocycles. The highest BCUT2D eigenvalue weighted by Crippen LogP contribution is 2.43. The molecule has 0 amide bonds. The molecule has 0 spiro atoms. The van der Waals surface area contributed by atoms with E-state index in [2.05, 4.69) is 20.0 Å². The zero-order chi connectivity index (χ0) is 14.6. The van der Waals surface area contributed by atoms with E-state index in [0.29, 0.717) is 12.5 Å². The van der Waals surface area contributed by atoms with Crippen LogP contribution in [-0.2, 0) is 11.8 Å². The highest BCUT2D eigenvalue weighted by Gasteiger charge is 2.50. The predicted molar refractivity (Wildman–Crippen MR) is 77.1 cm³/mol. The maximum atomic E-state index is 9.81. The molecule has 0 radical (unpaired) electrons. The van der Waals surface area contributed by atoms with Crippen molar-refractivity contribution in [2.24, 2.45) is 18.4 Å². The van der Waals surface area contributed by atoms with E-state index in [1.54, 1.807) is 4.68 Å². The molecule has 4 rings (SSSR count). The Labute approximate surface area is 122 Å². The lowest BCUT2D eigenvalue weighted by Gasteiger charge is -2.24. The second-order valence-electron chi connectivity index (χ2n) is 6.21. The summed E-state index contributed by atoms with van der Waals surface area (Å²) < 4.78 is 7.34. The second-order valence-corrected chi connectivity index (χ2v) is 6.21. The van der Waals surface area contributed by atoms with E-state index in [-0.39, 0.29) is 12.0 Å². The predicted octanol–water partition coefficient (Wildman–Crippen LogP) is 0.117. The van der Waals surface area contributed by atoms with Crippen molar-refractivity contribution in [1.82, 2.24) is 19.7 Å². The molecule has 7 heteroatoms. The third-order valence-corrected chi connectivity index (χ3v) is 4.82. The van der Waals surface area contributed by atoms with Crippen molar-refractivity contribution in [2.45, 2.75) is 6.92 Å². The van der Waals surface area contributed by atoms with Gasteiger partial charge in [-0.1, -0.05) is 0 Å². The van der Waals surface area contributed by atoms with E-state index in [1.165, 1.54) is 0 Å². The van der Waals surface area contributed by atoms with Gasteiger partial charge in [0.2, 0.25) is 0 Å². The van der Waals surface area contributed by atoms with E-state index in [4.69, 9.17) is 4.74 Å². The van der Waals surface area contributed by atoms with Crippen LogP contribution in [0.25, 0.3) is 11.0 Å². The van der Waals surface area contributed by atoms with Gasteiger partial charge in [-0.3, -0.25) is 4.68 Å². The van der Waals surface area contributed by atoms with E-state index in [0.717, 1.165) is 42.4 Å². The summed E-state index contributed by atoms with van der Waals surface area (Å²) in [6, 6.07) is 0. The Morgan fingerprint density at radius 2 is 2.33 bits per heavy atom. The van der Waals surface area contributed by atoms with Crippen LogP contribution in [-0.4, -0.2) is 57.8 Å². The van der Waals surface area contributed by atoms with Crippen molar-refractivity contribution in [3.8, 4) is 0 Å². The Kier molecular flexibility index (Phi) is 2.71. The van der Waals surface area contributed by atoms with Gasteiger partial charge in [0.05, 0.1) is 31.4 Å². The number of aromatic nitrogens is 4. The Hall–Kier alpha value is -1.73. The quantitative estimate of drug-likeness (QED) is 0.846. The standard InChI is InChI=1S/C14H19N5O2/c1-9-16-12-11(3-15-18(12)2)13(17-9)19-4-10-5-21-8-14(10,6-19)7-20/h3,10,20H,4-8H2,1-2H3/t10-,14-/m0/s1. The van der Waals surface area contributed by atoms with Gasteiger partial charge in [0.15, 0.2) is 5.65 Å². The van der Waals surface area contributed by atoms with E-state index >= 15 is 0 Å². The fraction of sp³-hybridized carbons (Fsp3) is 0.643. The van der Waals surface area contributed by atoms with Gasteiger partial charge in [-0.25, -0.2) is 9.97 Å². The van der Waals surface area contributed by atoms with E-state index < -0.39 is 0 Å². The summed E-state index contributed by atoms with van der Waals surface area (Å²) in [6.07, 6.45) is 1.82. The Balaban J connectivity index is 1.78. The summed E-state index contributed by atoms with van der Waals surface area (Å²) in [6.45, 7) is 5.05. The molecule has 21 heavy (non-hydrogen) atoms. The van der Waals surface area contributed by atoms with Gasteiger partial charge < -0.3 is 14.7 Å². The normalized spacial score (nSPS) is 28.5. The summed E-state index contributed by atoms with van der Waals surface area (Å²) in [5.74, 6) is 2.03. The van der Waals surface area contributed by atoms with Crippen molar-refractivity contribution in [1.29, 1.82) is 0 Å². The first-order valence-electron chi connectivity index (χ1n) is 7.23. The number of ether oxygens (including phenoxy) is 1. The first kappa shape index (κ1) is 13.0. The van der Waals surface area contributed by atoms with Gasteiger partial charge in [-0.2, -0.15) is 5.10 Å². The van der Waals surface area contributed by atoms with Gasteiger partial charge in [0.1, 0.15) is 11.6 Å². The second kappa shape index (κ2) is 4.38. The number of anilines is 1. The highest BCUT2D eigenvalue weighted by molar-refractivity contribution is 5.87. The molecule has 112 valence electrons. The van der Waals surface area contributed by atoms with Gasteiger partial charge in [-0.05, 0) is 6.92 Å². The molecule has 4 heterocycles. The summed E-state index contributed by atoms with van der Waals surface area (Å²) >= 11 is 0. The molecular weight excluding hydrogens is 270 g/mol. The van der Waals surface area contributed by atoms with Crippen LogP contribution in [0.5, 0.6) is 0 Å². The molecule has 2 aliphatic rings. The molecule has 2 aromatic rings. The third-order valence-electron chi connectivity index (χ3n) is 4.82.